The third-order valence-electron chi connectivity index (χ3n) is 2.53. The first-order valence-corrected chi connectivity index (χ1v) is 5.50. The summed E-state index contributed by atoms with van der Waals surface area (Å²) in [5.41, 5.74) is 1.34. The average molecular weight is 267 g/mol. The van der Waals surface area contributed by atoms with Crippen molar-refractivity contribution in [3.63, 3.8) is 0 Å². The first-order valence-electron chi connectivity index (χ1n) is 5.50. The minimum atomic E-state index is -1.19. The molecule has 19 heavy (non-hydrogen) atoms. The Bertz CT molecular complexity index is 488. The number of carbonyl (C=O) groups excluding carboxylic acids is 1. The molecule has 2 amide bonds. The fraction of sp³-hybridized carbons (Fsp3) is 0.333. The van der Waals surface area contributed by atoms with Crippen molar-refractivity contribution in [3.05, 3.63) is 23.8 Å². The van der Waals surface area contributed by atoms with E-state index in [9.17, 15) is 9.59 Å². The van der Waals surface area contributed by atoms with Crippen molar-refractivity contribution in [3.8, 4) is 0 Å². The second kappa shape index (κ2) is 6.05. The van der Waals surface area contributed by atoms with E-state index in [4.69, 9.17) is 9.94 Å². The Labute approximate surface area is 111 Å². The van der Waals surface area contributed by atoms with E-state index in [-0.39, 0.29) is 5.91 Å². The third kappa shape index (κ3) is 3.59. The zero-order valence-corrected chi connectivity index (χ0v) is 11.3. The van der Waals surface area contributed by atoms with Crippen LogP contribution in [0.4, 0.5) is 16.2 Å². The predicted molar refractivity (Wildman–Crippen MR) is 71.5 cm³/mol. The largest absolute Gasteiger partial charge is 0.465 e. The predicted octanol–water partition coefficient (Wildman–Crippen LogP) is 1.48. The molecule has 0 aliphatic heterocycles. The molecule has 0 radical (unpaired) electrons. The molecule has 0 spiro atoms. The maximum atomic E-state index is 11.9. The highest BCUT2D eigenvalue weighted by Gasteiger charge is 2.15. The summed E-state index contributed by atoms with van der Waals surface area (Å²) in [6.45, 7) is 0. The highest BCUT2D eigenvalue weighted by Crippen LogP contribution is 2.26. The highest BCUT2D eigenvalue weighted by molar-refractivity contribution is 5.97. The smallest absolute Gasteiger partial charge is 0.409 e. The lowest BCUT2D eigenvalue weighted by atomic mass is 10.1. The van der Waals surface area contributed by atoms with Gasteiger partial charge in [-0.1, -0.05) is 0 Å². The fourth-order valence-electron chi connectivity index (χ4n) is 1.54. The van der Waals surface area contributed by atoms with Crippen LogP contribution in [0.5, 0.6) is 0 Å². The van der Waals surface area contributed by atoms with Crippen LogP contribution in [0.2, 0.25) is 0 Å². The first-order chi connectivity index (χ1) is 8.86. The molecule has 0 aliphatic carbocycles. The second-order valence-corrected chi connectivity index (χ2v) is 4.04. The number of carboxylic acid groups (broad SMARTS) is 1. The Morgan fingerprint density at radius 3 is 2.37 bits per heavy atom. The van der Waals surface area contributed by atoms with E-state index in [1.54, 1.807) is 31.1 Å². The molecular weight excluding hydrogens is 250 g/mol. The third-order valence-corrected chi connectivity index (χ3v) is 2.53. The summed E-state index contributed by atoms with van der Waals surface area (Å²) < 4.78 is 0. The van der Waals surface area contributed by atoms with E-state index in [0.717, 1.165) is 5.06 Å². The maximum absolute atomic E-state index is 11.9. The lowest BCUT2D eigenvalue weighted by molar-refractivity contribution is -0.0756. The SMILES string of the molecule is CON(C)C(=O)c1ccc(N(C)C)c(NC(=O)O)c1. The number of nitrogens with one attached hydrogen (secondary N) is 1. The minimum absolute atomic E-state index is 0.332. The van der Waals surface area contributed by atoms with Crippen molar-refractivity contribution in [2.45, 2.75) is 0 Å². The van der Waals surface area contributed by atoms with Gasteiger partial charge in [-0.25, -0.2) is 9.86 Å². The van der Waals surface area contributed by atoms with E-state index in [1.165, 1.54) is 20.2 Å². The number of hydrogen-bond donors (Lipinski definition) is 2. The second-order valence-electron chi connectivity index (χ2n) is 4.04. The highest BCUT2D eigenvalue weighted by atomic mass is 16.7. The lowest BCUT2D eigenvalue weighted by Gasteiger charge is -2.19. The quantitative estimate of drug-likeness (QED) is 0.807. The van der Waals surface area contributed by atoms with Gasteiger partial charge in [0, 0.05) is 26.7 Å². The normalized spacial score (nSPS) is 9.89. The fourth-order valence-corrected chi connectivity index (χ4v) is 1.54. The molecule has 1 rings (SSSR count). The lowest BCUT2D eigenvalue weighted by Crippen LogP contribution is -2.25. The molecule has 0 saturated heterocycles. The van der Waals surface area contributed by atoms with Gasteiger partial charge in [0.1, 0.15) is 0 Å². The Hall–Kier alpha value is -2.28. The summed E-state index contributed by atoms with van der Waals surface area (Å²) in [4.78, 5) is 29.2. The van der Waals surface area contributed by atoms with Gasteiger partial charge in [-0.15, -0.1) is 0 Å². The summed E-state index contributed by atoms with van der Waals surface area (Å²) in [6.07, 6.45) is -1.19. The number of carbonyl (C=O) groups is 2. The Morgan fingerprint density at radius 1 is 1.26 bits per heavy atom. The monoisotopic (exact) mass is 267 g/mol. The summed E-state index contributed by atoms with van der Waals surface area (Å²) in [5, 5.41) is 12.1. The van der Waals surface area contributed by atoms with Crippen LogP contribution in [0.1, 0.15) is 10.4 Å². The van der Waals surface area contributed by atoms with Gasteiger partial charge in [0.25, 0.3) is 5.91 Å². The van der Waals surface area contributed by atoms with E-state index >= 15 is 0 Å². The maximum Gasteiger partial charge on any atom is 0.409 e. The van der Waals surface area contributed by atoms with Gasteiger partial charge >= 0.3 is 6.09 Å². The van der Waals surface area contributed by atoms with Crippen molar-refractivity contribution in [2.24, 2.45) is 0 Å². The van der Waals surface area contributed by atoms with Crippen molar-refractivity contribution in [1.82, 2.24) is 5.06 Å². The van der Waals surface area contributed by atoms with Gasteiger partial charge in [-0.2, -0.15) is 0 Å². The van der Waals surface area contributed by atoms with Crippen molar-refractivity contribution in [2.75, 3.05) is 38.5 Å². The first kappa shape index (κ1) is 14.8. The van der Waals surface area contributed by atoms with Crippen LogP contribution < -0.4 is 10.2 Å². The van der Waals surface area contributed by atoms with Crippen LogP contribution >= 0.6 is 0 Å². The molecule has 0 aromatic heterocycles. The van der Waals surface area contributed by atoms with E-state index < -0.39 is 6.09 Å². The van der Waals surface area contributed by atoms with E-state index in [0.29, 0.717) is 16.9 Å². The Kier molecular flexibility index (Phi) is 4.71. The van der Waals surface area contributed by atoms with Gasteiger partial charge in [-0.05, 0) is 18.2 Å². The van der Waals surface area contributed by atoms with Gasteiger partial charge in [0.15, 0.2) is 0 Å². The van der Waals surface area contributed by atoms with Crippen LogP contribution in [0.3, 0.4) is 0 Å². The molecule has 2 N–H and O–H groups in total. The van der Waals surface area contributed by atoms with Crippen molar-refractivity contribution in [1.29, 1.82) is 0 Å². The molecular formula is C12H17N3O4. The van der Waals surface area contributed by atoms with Crippen LogP contribution in [0.15, 0.2) is 18.2 Å². The number of hydroxylamine groups is 2. The van der Waals surface area contributed by atoms with Crippen LogP contribution in [0, 0.1) is 0 Å². The molecule has 0 saturated carbocycles. The molecule has 0 atom stereocenters. The molecule has 1 aromatic carbocycles. The Morgan fingerprint density at radius 2 is 1.89 bits per heavy atom. The molecule has 0 unspecified atom stereocenters. The van der Waals surface area contributed by atoms with Gasteiger partial charge in [0.2, 0.25) is 0 Å². The number of benzene rings is 1. The topological polar surface area (TPSA) is 82.1 Å². The number of amides is 2. The van der Waals surface area contributed by atoms with Gasteiger partial charge < -0.3 is 10.0 Å². The number of nitrogens with zero attached hydrogens (tertiary/aromatic N) is 2. The summed E-state index contributed by atoms with van der Waals surface area (Å²) >= 11 is 0. The van der Waals surface area contributed by atoms with E-state index in [2.05, 4.69) is 5.32 Å². The van der Waals surface area contributed by atoms with Crippen LogP contribution in [0.25, 0.3) is 0 Å². The van der Waals surface area contributed by atoms with Gasteiger partial charge in [-0.3, -0.25) is 14.9 Å². The standard InChI is InChI=1S/C12H17N3O4/c1-14(2)10-6-5-8(11(16)15(3)19-4)7-9(10)13-12(17)18/h5-7,13H,1-4H3,(H,17,18). The van der Waals surface area contributed by atoms with Crippen molar-refractivity contribution >= 4 is 23.4 Å². The Balaban J connectivity index is 3.17. The zero-order chi connectivity index (χ0) is 14.6. The summed E-state index contributed by atoms with van der Waals surface area (Å²) in [5.74, 6) is -0.360. The molecule has 0 bridgehead atoms. The van der Waals surface area contributed by atoms with Gasteiger partial charge in [0.05, 0.1) is 18.5 Å². The molecule has 0 aliphatic rings. The summed E-state index contributed by atoms with van der Waals surface area (Å²) in [6, 6.07) is 4.75. The number of hydrogen-bond acceptors (Lipinski definition) is 4. The molecule has 104 valence electrons. The zero-order valence-electron chi connectivity index (χ0n) is 11.3. The van der Waals surface area contributed by atoms with Crippen LogP contribution in [-0.2, 0) is 4.84 Å². The average Bonchev–Trinajstić information content (AvgIpc) is 2.35. The molecule has 7 nitrogen and oxygen atoms in total. The van der Waals surface area contributed by atoms with E-state index in [1.807, 2.05) is 0 Å². The number of anilines is 2. The molecule has 1 aromatic rings. The van der Waals surface area contributed by atoms with Crippen molar-refractivity contribution < 1.29 is 19.5 Å². The minimum Gasteiger partial charge on any atom is -0.465 e. The summed E-state index contributed by atoms with van der Waals surface area (Å²) in [7, 11) is 6.42. The molecule has 7 heteroatoms. The van der Waals surface area contributed by atoms with Crippen LogP contribution in [-0.4, -0.2) is 50.4 Å². The molecule has 0 fully saturated rings. The molecule has 0 heterocycles. The number of rotatable bonds is 4.